The summed E-state index contributed by atoms with van der Waals surface area (Å²) in [6, 6.07) is 9.80. The summed E-state index contributed by atoms with van der Waals surface area (Å²) in [6.07, 6.45) is 2.72. The van der Waals surface area contributed by atoms with Crippen molar-refractivity contribution >= 4 is 39.0 Å². The molecule has 0 fully saturated rings. The van der Waals surface area contributed by atoms with Crippen LogP contribution in [-0.4, -0.2) is 11.5 Å². The predicted molar refractivity (Wildman–Crippen MR) is 89.1 cm³/mol. The lowest BCUT2D eigenvalue weighted by molar-refractivity contribution is 0.753. The van der Waals surface area contributed by atoms with Crippen LogP contribution in [-0.2, 0) is 6.54 Å². The number of hydrogen-bond donors (Lipinski definition) is 1. The number of nitrogens with zero attached hydrogens (tertiary/aromatic N) is 2. The molecule has 0 aliphatic heterocycles. The Labute approximate surface area is 132 Å². The van der Waals surface area contributed by atoms with E-state index in [4.69, 9.17) is 17.3 Å². The highest BCUT2D eigenvalue weighted by Crippen LogP contribution is 2.27. The minimum Gasteiger partial charge on any atom is -0.399 e. The molecule has 1 heterocycles. The van der Waals surface area contributed by atoms with E-state index in [0.29, 0.717) is 5.02 Å². The maximum absolute atomic E-state index is 5.95. The molecule has 0 amide bonds. The fourth-order valence-corrected chi connectivity index (χ4v) is 2.90. The fourth-order valence-electron chi connectivity index (χ4n) is 2.01. The zero-order valence-electron chi connectivity index (χ0n) is 11.3. The third-order valence-corrected chi connectivity index (χ3v) is 3.72. The van der Waals surface area contributed by atoms with Crippen LogP contribution < -0.4 is 10.6 Å². The van der Waals surface area contributed by atoms with E-state index in [1.165, 1.54) is 5.56 Å². The first kappa shape index (κ1) is 15.1. The summed E-state index contributed by atoms with van der Waals surface area (Å²) in [7, 11) is 0. The first-order valence-corrected chi connectivity index (χ1v) is 7.67. The highest BCUT2D eigenvalue weighted by atomic mass is 79.9. The number of rotatable bonds is 5. The quantitative estimate of drug-likeness (QED) is 0.804. The molecule has 1 aromatic heterocycles. The van der Waals surface area contributed by atoms with E-state index in [1.807, 2.05) is 30.3 Å². The van der Waals surface area contributed by atoms with Crippen molar-refractivity contribution in [2.75, 3.05) is 17.2 Å². The van der Waals surface area contributed by atoms with Crippen molar-refractivity contribution in [3.63, 3.8) is 0 Å². The highest BCUT2D eigenvalue weighted by molar-refractivity contribution is 9.10. The topological polar surface area (TPSA) is 42.1 Å². The van der Waals surface area contributed by atoms with Crippen molar-refractivity contribution in [3.8, 4) is 0 Å². The molecule has 0 saturated carbocycles. The molecule has 2 N–H and O–H groups in total. The first-order valence-electron chi connectivity index (χ1n) is 6.50. The van der Waals surface area contributed by atoms with E-state index >= 15 is 0 Å². The van der Waals surface area contributed by atoms with Crippen LogP contribution in [0.5, 0.6) is 0 Å². The normalized spacial score (nSPS) is 10.6. The van der Waals surface area contributed by atoms with Crippen molar-refractivity contribution in [1.29, 1.82) is 0 Å². The Morgan fingerprint density at radius 3 is 2.60 bits per heavy atom. The molecule has 2 aromatic rings. The Hall–Kier alpha value is -1.26. The minimum absolute atomic E-state index is 0.629. The van der Waals surface area contributed by atoms with E-state index in [2.05, 4.69) is 32.7 Å². The molecule has 0 spiro atoms. The van der Waals surface area contributed by atoms with Gasteiger partial charge in [-0.3, -0.25) is 0 Å². The summed E-state index contributed by atoms with van der Waals surface area (Å²) in [6.45, 7) is 3.87. The van der Waals surface area contributed by atoms with Crippen LogP contribution in [0.4, 0.5) is 11.5 Å². The molecule has 0 saturated heterocycles. The van der Waals surface area contributed by atoms with Gasteiger partial charge in [0.15, 0.2) is 0 Å². The van der Waals surface area contributed by atoms with Gasteiger partial charge in [0.05, 0.1) is 9.50 Å². The molecule has 0 aliphatic rings. The molecule has 20 heavy (non-hydrogen) atoms. The van der Waals surface area contributed by atoms with Crippen LogP contribution in [0, 0.1) is 0 Å². The van der Waals surface area contributed by atoms with Crippen LogP contribution in [0.25, 0.3) is 0 Å². The molecule has 0 unspecified atom stereocenters. The van der Waals surface area contributed by atoms with Crippen molar-refractivity contribution in [2.45, 2.75) is 19.9 Å². The Kier molecular flexibility index (Phi) is 5.26. The van der Waals surface area contributed by atoms with Crippen LogP contribution in [0.15, 0.2) is 41.0 Å². The second-order valence-electron chi connectivity index (χ2n) is 4.62. The molecule has 0 aliphatic carbocycles. The Balaban J connectivity index is 2.24. The van der Waals surface area contributed by atoms with Gasteiger partial charge in [0.2, 0.25) is 0 Å². The molecule has 3 nitrogen and oxygen atoms in total. The summed E-state index contributed by atoms with van der Waals surface area (Å²) in [5, 5.41) is 0.629. The molecule has 106 valence electrons. The summed E-state index contributed by atoms with van der Waals surface area (Å²) in [5.41, 5.74) is 7.70. The van der Waals surface area contributed by atoms with E-state index in [0.717, 1.165) is 35.5 Å². The van der Waals surface area contributed by atoms with Gasteiger partial charge < -0.3 is 10.6 Å². The first-order chi connectivity index (χ1) is 9.60. The van der Waals surface area contributed by atoms with E-state index in [9.17, 15) is 0 Å². The number of benzene rings is 1. The Bertz CT molecular complexity index is 572. The summed E-state index contributed by atoms with van der Waals surface area (Å²) in [4.78, 5) is 6.66. The van der Waals surface area contributed by atoms with Gasteiger partial charge in [0, 0.05) is 25.0 Å². The predicted octanol–water partition coefficient (Wildman–Crippen LogP) is 4.50. The van der Waals surface area contributed by atoms with Crippen LogP contribution in [0.3, 0.4) is 0 Å². The van der Waals surface area contributed by atoms with Crippen LogP contribution >= 0.6 is 27.5 Å². The van der Waals surface area contributed by atoms with Gasteiger partial charge in [-0.15, -0.1) is 0 Å². The summed E-state index contributed by atoms with van der Waals surface area (Å²) in [5.74, 6) is 0.910. The lowest BCUT2D eigenvalue weighted by atomic mass is 10.2. The number of nitrogen functional groups attached to an aromatic ring is 1. The maximum Gasteiger partial charge on any atom is 0.143 e. The SMILES string of the molecule is CCCN(Cc1ccc(N)cc1)c1ncc(Cl)cc1Br. The number of pyridine rings is 1. The van der Waals surface area contributed by atoms with Gasteiger partial charge in [-0.05, 0) is 46.1 Å². The fraction of sp³-hybridized carbons (Fsp3) is 0.267. The summed E-state index contributed by atoms with van der Waals surface area (Å²) < 4.78 is 0.911. The van der Waals surface area contributed by atoms with Crippen molar-refractivity contribution < 1.29 is 0 Å². The number of hydrogen-bond acceptors (Lipinski definition) is 3. The van der Waals surface area contributed by atoms with Gasteiger partial charge in [0.1, 0.15) is 5.82 Å². The minimum atomic E-state index is 0.629. The molecular weight excluding hydrogens is 338 g/mol. The molecule has 0 radical (unpaired) electrons. The zero-order chi connectivity index (χ0) is 14.5. The maximum atomic E-state index is 5.95. The monoisotopic (exact) mass is 353 g/mol. The second kappa shape index (κ2) is 6.95. The number of aromatic nitrogens is 1. The van der Waals surface area contributed by atoms with Crippen LogP contribution in [0.1, 0.15) is 18.9 Å². The third kappa shape index (κ3) is 3.87. The van der Waals surface area contributed by atoms with Crippen molar-refractivity contribution in [1.82, 2.24) is 4.98 Å². The standard InChI is InChI=1S/C15H17BrClN3/c1-2-7-20(10-11-3-5-13(18)6-4-11)15-14(16)8-12(17)9-19-15/h3-6,8-9H,2,7,10,18H2,1H3. The molecule has 0 bridgehead atoms. The Morgan fingerprint density at radius 2 is 2.00 bits per heavy atom. The number of anilines is 2. The molecule has 0 atom stereocenters. The van der Waals surface area contributed by atoms with Gasteiger partial charge in [0.25, 0.3) is 0 Å². The number of halogens is 2. The highest BCUT2D eigenvalue weighted by Gasteiger charge is 2.12. The molecule has 2 rings (SSSR count). The molecule has 1 aromatic carbocycles. The second-order valence-corrected chi connectivity index (χ2v) is 5.91. The van der Waals surface area contributed by atoms with Gasteiger partial charge in [-0.1, -0.05) is 30.7 Å². The van der Waals surface area contributed by atoms with Gasteiger partial charge >= 0.3 is 0 Å². The zero-order valence-corrected chi connectivity index (χ0v) is 13.7. The Morgan fingerprint density at radius 1 is 1.30 bits per heavy atom. The van der Waals surface area contributed by atoms with Gasteiger partial charge in [-0.2, -0.15) is 0 Å². The van der Waals surface area contributed by atoms with Crippen molar-refractivity contribution in [2.24, 2.45) is 0 Å². The van der Waals surface area contributed by atoms with Crippen molar-refractivity contribution in [3.05, 3.63) is 51.6 Å². The average molecular weight is 355 g/mol. The smallest absolute Gasteiger partial charge is 0.143 e. The number of nitrogens with two attached hydrogens (primary N) is 1. The lowest BCUT2D eigenvalue weighted by Gasteiger charge is -2.24. The largest absolute Gasteiger partial charge is 0.399 e. The average Bonchev–Trinajstić information content (AvgIpc) is 2.41. The van der Waals surface area contributed by atoms with E-state index in [1.54, 1.807) is 6.20 Å². The van der Waals surface area contributed by atoms with Crippen LogP contribution in [0.2, 0.25) is 5.02 Å². The third-order valence-electron chi connectivity index (χ3n) is 2.93. The summed E-state index contributed by atoms with van der Waals surface area (Å²) >= 11 is 9.49. The van der Waals surface area contributed by atoms with Gasteiger partial charge in [-0.25, -0.2) is 4.98 Å². The lowest BCUT2D eigenvalue weighted by Crippen LogP contribution is -2.24. The van der Waals surface area contributed by atoms with E-state index in [-0.39, 0.29) is 0 Å². The molecular formula is C15H17BrClN3. The molecule has 5 heteroatoms. The van der Waals surface area contributed by atoms with E-state index < -0.39 is 0 Å².